The molecule has 1 atom stereocenters. The molecule has 5 nitrogen and oxygen atoms in total. The van der Waals surface area contributed by atoms with Crippen molar-refractivity contribution in [2.24, 2.45) is 0 Å². The minimum absolute atomic E-state index is 0.101. The van der Waals surface area contributed by atoms with Gasteiger partial charge in [0.05, 0.1) is 5.41 Å². The van der Waals surface area contributed by atoms with Crippen molar-refractivity contribution in [3.05, 3.63) is 35.6 Å². The minimum Gasteiger partial charge on any atom is -0.343 e. The normalized spacial score (nSPS) is 24.2. The largest absolute Gasteiger partial charge is 0.343 e. The highest BCUT2D eigenvalue weighted by molar-refractivity contribution is 6.10. The van der Waals surface area contributed by atoms with Gasteiger partial charge in [-0.15, -0.1) is 0 Å². The van der Waals surface area contributed by atoms with Gasteiger partial charge in [-0.1, -0.05) is 31.4 Å². The Morgan fingerprint density at radius 2 is 1.96 bits per heavy atom. The second-order valence-corrected chi connectivity index (χ2v) is 7.50. The van der Waals surface area contributed by atoms with E-state index >= 15 is 0 Å². The number of rotatable bonds is 4. The molecule has 1 aliphatic heterocycles. The number of hydrogen-bond donors (Lipinski definition) is 0. The number of carbonyl (C=O) groups excluding carboxylic acids is 3. The average Bonchev–Trinajstić information content (AvgIpc) is 2.86. The number of carbonyl (C=O) groups is 3. The molecular weight excluding hydrogens is 335 g/mol. The molecule has 0 radical (unpaired) electrons. The SMILES string of the molecule is CN1C(=O)CC(CC(=O)N(C)C2CCCCC2)(c2cccc(F)c2)C1=O. The van der Waals surface area contributed by atoms with Crippen LogP contribution < -0.4 is 0 Å². The van der Waals surface area contributed by atoms with Gasteiger partial charge in [-0.3, -0.25) is 19.3 Å². The van der Waals surface area contributed by atoms with Crippen molar-refractivity contribution in [1.82, 2.24) is 9.80 Å². The van der Waals surface area contributed by atoms with Crippen molar-refractivity contribution in [3.8, 4) is 0 Å². The van der Waals surface area contributed by atoms with Crippen LogP contribution in [0.2, 0.25) is 0 Å². The first-order chi connectivity index (χ1) is 12.3. The molecule has 1 saturated carbocycles. The van der Waals surface area contributed by atoms with Gasteiger partial charge in [-0.25, -0.2) is 4.39 Å². The second-order valence-electron chi connectivity index (χ2n) is 7.50. The minimum atomic E-state index is -1.31. The summed E-state index contributed by atoms with van der Waals surface area (Å²) in [4.78, 5) is 40.8. The third-order valence-corrected chi connectivity index (χ3v) is 5.89. The summed E-state index contributed by atoms with van der Waals surface area (Å²) in [6.45, 7) is 0. The zero-order valence-corrected chi connectivity index (χ0v) is 15.3. The van der Waals surface area contributed by atoms with Crippen molar-refractivity contribution in [3.63, 3.8) is 0 Å². The third-order valence-electron chi connectivity index (χ3n) is 5.89. The summed E-state index contributed by atoms with van der Waals surface area (Å²) < 4.78 is 13.8. The third kappa shape index (κ3) is 3.24. The molecule has 1 unspecified atom stereocenters. The van der Waals surface area contributed by atoms with E-state index in [-0.39, 0.29) is 30.7 Å². The van der Waals surface area contributed by atoms with Crippen molar-refractivity contribution in [2.45, 2.75) is 56.4 Å². The predicted octanol–water partition coefficient (Wildman–Crippen LogP) is 2.63. The number of nitrogens with zero attached hydrogens (tertiary/aromatic N) is 2. The molecule has 2 aliphatic rings. The Morgan fingerprint density at radius 3 is 2.54 bits per heavy atom. The second kappa shape index (κ2) is 7.17. The molecule has 0 spiro atoms. The van der Waals surface area contributed by atoms with Crippen molar-refractivity contribution in [1.29, 1.82) is 0 Å². The lowest BCUT2D eigenvalue weighted by Gasteiger charge is -2.34. The fourth-order valence-corrected chi connectivity index (χ4v) is 4.19. The summed E-state index contributed by atoms with van der Waals surface area (Å²) in [6, 6.07) is 5.86. The average molecular weight is 360 g/mol. The maximum atomic E-state index is 13.8. The van der Waals surface area contributed by atoms with Crippen molar-refractivity contribution < 1.29 is 18.8 Å². The van der Waals surface area contributed by atoms with E-state index < -0.39 is 17.1 Å². The summed E-state index contributed by atoms with van der Waals surface area (Å²) in [7, 11) is 3.18. The molecule has 140 valence electrons. The van der Waals surface area contributed by atoms with Gasteiger partial charge in [0.15, 0.2) is 0 Å². The van der Waals surface area contributed by atoms with E-state index in [0.717, 1.165) is 30.6 Å². The first kappa shape index (κ1) is 18.5. The number of hydrogen-bond acceptors (Lipinski definition) is 3. The van der Waals surface area contributed by atoms with E-state index in [2.05, 4.69) is 0 Å². The van der Waals surface area contributed by atoms with Gasteiger partial charge >= 0.3 is 0 Å². The highest BCUT2D eigenvalue weighted by Crippen LogP contribution is 2.40. The highest BCUT2D eigenvalue weighted by Gasteiger charge is 2.53. The van der Waals surface area contributed by atoms with Gasteiger partial charge in [0.25, 0.3) is 0 Å². The van der Waals surface area contributed by atoms with Crippen LogP contribution in [0.3, 0.4) is 0 Å². The Hall–Kier alpha value is -2.24. The number of amides is 3. The molecule has 3 amide bonds. The lowest BCUT2D eigenvalue weighted by atomic mass is 9.75. The molecule has 1 aliphatic carbocycles. The number of imide groups is 1. The summed E-state index contributed by atoms with van der Waals surface area (Å²) in [5.74, 6) is -1.42. The van der Waals surface area contributed by atoms with E-state index in [9.17, 15) is 18.8 Å². The van der Waals surface area contributed by atoms with Crippen molar-refractivity contribution in [2.75, 3.05) is 14.1 Å². The molecule has 1 aromatic rings. The number of likely N-dealkylation sites (N-methyl/N-ethyl adjacent to an activating group) is 1. The van der Waals surface area contributed by atoms with Crippen LogP contribution in [-0.4, -0.2) is 47.7 Å². The van der Waals surface area contributed by atoms with Gasteiger partial charge < -0.3 is 4.90 Å². The van der Waals surface area contributed by atoms with E-state index in [1.165, 1.54) is 31.7 Å². The zero-order chi connectivity index (χ0) is 18.9. The summed E-state index contributed by atoms with van der Waals surface area (Å²) in [6.07, 6.45) is 5.08. The predicted molar refractivity (Wildman–Crippen MR) is 94.7 cm³/mol. The van der Waals surface area contributed by atoms with Crippen LogP contribution in [-0.2, 0) is 19.8 Å². The molecular formula is C20H25FN2O3. The van der Waals surface area contributed by atoms with E-state index in [4.69, 9.17) is 0 Å². The van der Waals surface area contributed by atoms with Gasteiger partial charge in [-0.05, 0) is 30.5 Å². The van der Waals surface area contributed by atoms with Gasteiger partial charge in [0.2, 0.25) is 17.7 Å². The van der Waals surface area contributed by atoms with Crippen LogP contribution in [0.4, 0.5) is 4.39 Å². The van der Waals surface area contributed by atoms with Crippen molar-refractivity contribution >= 4 is 17.7 Å². The lowest BCUT2D eigenvalue weighted by Crippen LogP contribution is -2.45. The monoisotopic (exact) mass is 360 g/mol. The van der Waals surface area contributed by atoms with Crippen LogP contribution in [0.15, 0.2) is 24.3 Å². The zero-order valence-electron chi connectivity index (χ0n) is 15.3. The fourth-order valence-electron chi connectivity index (χ4n) is 4.19. The smallest absolute Gasteiger partial charge is 0.240 e. The molecule has 0 N–H and O–H groups in total. The summed E-state index contributed by atoms with van der Waals surface area (Å²) >= 11 is 0. The Balaban J connectivity index is 1.91. The standard InChI is InChI=1S/C20H25FN2O3/c1-22(16-9-4-3-5-10-16)17(24)12-20(13-18(25)23(2)19(20)26)14-7-6-8-15(21)11-14/h6-8,11,16H,3-5,9-10,12-13H2,1-2H3. The highest BCUT2D eigenvalue weighted by atomic mass is 19.1. The fraction of sp³-hybridized carbons (Fsp3) is 0.550. The molecule has 0 aromatic heterocycles. The first-order valence-electron chi connectivity index (χ1n) is 9.18. The molecule has 3 rings (SSSR count). The Bertz CT molecular complexity index is 730. The van der Waals surface area contributed by atoms with Crippen LogP contribution >= 0.6 is 0 Å². The molecule has 6 heteroatoms. The van der Waals surface area contributed by atoms with Crippen LogP contribution in [0.25, 0.3) is 0 Å². The number of likely N-dealkylation sites (tertiary alicyclic amines) is 1. The van der Waals surface area contributed by atoms with E-state index in [1.807, 2.05) is 0 Å². The van der Waals surface area contributed by atoms with Crippen LogP contribution in [0.1, 0.15) is 50.5 Å². The van der Waals surface area contributed by atoms with Gasteiger partial charge in [-0.2, -0.15) is 0 Å². The maximum absolute atomic E-state index is 13.8. The van der Waals surface area contributed by atoms with Crippen LogP contribution in [0, 0.1) is 5.82 Å². The summed E-state index contributed by atoms with van der Waals surface area (Å²) in [5, 5.41) is 0. The summed E-state index contributed by atoms with van der Waals surface area (Å²) in [5.41, 5.74) is -0.917. The molecule has 26 heavy (non-hydrogen) atoms. The topological polar surface area (TPSA) is 57.7 Å². The molecule has 1 heterocycles. The molecule has 0 bridgehead atoms. The molecule has 1 saturated heterocycles. The van der Waals surface area contributed by atoms with Crippen LogP contribution in [0.5, 0.6) is 0 Å². The number of benzene rings is 1. The molecule has 2 fully saturated rings. The van der Waals surface area contributed by atoms with E-state index in [0.29, 0.717) is 5.56 Å². The Kier molecular flexibility index (Phi) is 5.12. The van der Waals surface area contributed by atoms with E-state index in [1.54, 1.807) is 18.0 Å². The lowest BCUT2D eigenvalue weighted by molar-refractivity contribution is -0.142. The molecule has 1 aromatic carbocycles. The quantitative estimate of drug-likeness (QED) is 0.776. The maximum Gasteiger partial charge on any atom is 0.240 e. The first-order valence-corrected chi connectivity index (χ1v) is 9.18. The number of halogens is 1. The Labute approximate surface area is 153 Å². The van der Waals surface area contributed by atoms with Gasteiger partial charge in [0, 0.05) is 33.0 Å². The Morgan fingerprint density at radius 1 is 1.27 bits per heavy atom. The van der Waals surface area contributed by atoms with Gasteiger partial charge in [0.1, 0.15) is 5.82 Å².